The molecule has 0 atom stereocenters. The number of ketones is 1. The summed E-state index contributed by atoms with van der Waals surface area (Å²) in [6, 6.07) is 27.8. The Bertz CT molecular complexity index is 1860. The molecular weight excluding hydrogens is 542 g/mol. The van der Waals surface area contributed by atoms with Gasteiger partial charge in [-0.05, 0) is 30.3 Å². The normalized spacial score (nSPS) is 10.6. The molecule has 5 rings (SSSR count). The molecule has 2 aromatic heterocycles. The van der Waals surface area contributed by atoms with Crippen molar-refractivity contribution in [3.8, 4) is 40.3 Å². The molecule has 0 saturated heterocycles. The fourth-order valence-electron chi connectivity index (χ4n) is 4.36. The van der Waals surface area contributed by atoms with E-state index in [9.17, 15) is 15.3 Å². The van der Waals surface area contributed by atoms with Crippen LogP contribution in [0.15, 0.2) is 83.9 Å². The van der Waals surface area contributed by atoms with Crippen LogP contribution in [0.4, 0.5) is 5.82 Å². The summed E-state index contributed by atoms with van der Waals surface area (Å²) in [5.74, 6) is 0.341. The minimum Gasteiger partial charge on any atom is -0.497 e. The van der Waals surface area contributed by atoms with Crippen LogP contribution < -0.4 is 10.5 Å². The van der Waals surface area contributed by atoms with Crippen LogP contribution in [0.3, 0.4) is 0 Å². The van der Waals surface area contributed by atoms with Crippen molar-refractivity contribution >= 4 is 45.9 Å². The number of methoxy groups -OCH3 is 1. The second kappa shape index (κ2) is 11.5. The number of nitrogens with zero attached hydrogens (tertiary/aromatic N) is 4. The van der Waals surface area contributed by atoms with Gasteiger partial charge in [-0.1, -0.05) is 71.9 Å². The van der Waals surface area contributed by atoms with Gasteiger partial charge in [-0.2, -0.15) is 10.5 Å². The number of benzene rings is 3. The van der Waals surface area contributed by atoms with Gasteiger partial charge in [0, 0.05) is 32.7 Å². The number of halogens is 1. The van der Waals surface area contributed by atoms with Crippen LogP contribution in [0.2, 0.25) is 5.02 Å². The van der Waals surface area contributed by atoms with E-state index in [-0.39, 0.29) is 33.5 Å². The van der Waals surface area contributed by atoms with E-state index in [1.807, 2.05) is 54.6 Å². The van der Waals surface area contributed by atoms with Crippen molar-refractivity contribution in [3.05, 3.63) is 101 Å². The van der Waals surface area contributed by atoms with Crippen molar-refractivity contribution in [1.29, 1.82) is 10.5 Å². The van der Waals surface area contributed by atoms with E-state index in [1.54, 1.807) is 37.4 Å². The lowest BCUT2D eigenvalue weighted by molar-refractivity contribution is 0.102. The average Bonchev–Trinajstić information content (AvgIpc) is 2.99. The lowest BCUT2D eigenvalue weighted by Crippen LogP contribution is -2.08. The molecule has 3 aromatic carbocycles. The van der Waals surface area contributed by atoms with Crippen LogP contribution in [0.1, 0.15) is 21.5 Å². The molecule has 7 nitrogen and oxygen atoms in total. The lowest BCUT2D eigenvalue weighted by Gasteiger charge is -2.14. The van der Waals surface area contributed by atoms with E-state index < -0.39 is 0 Å². The Morgan fingerprint density at radius 1 is 0.975 bits per heavy atom. The topological polar surface area (TPSA) is 126 Å². The van der Waals surface area contributed by atoms with Gasteiger partial charge in [0.2, 0.25) is 0 Å². The Morgan fingerprint density at radius 3 is 2.40 bits per heavy atom. The maximum atomic E-state index is 13.7. The largest absolute Gasteiger partial charge is 0.497 e. The number of aromatic nitrogens is 2. The summed E-state index contributed by atoms with van der Waals surface area (Å²) >= 11 is 7.49. The lowest BCUT2D eigenvalue weighted by atomic mass is 9.97. The van der Waals surface area contributed by atoms with Crippen LogP contribution in [-0.2, 0) is 0 Å². The van der Waals surface area contributed by atoms with Crippen molar-refractivity contribution in [3.63, 3.8) is 0 Å². The standard InChI is InChI=1S/C31H20ClN5O2S/c1-39-20-11-12-26-19(13-20)14-22(29(36-26)18-7-3-2-4-8-18)27(38)17-40-31-24(16-34)28(23(15-33)30(35)37-31)21-9-5-6-10-25(21)32/h2-14H,17H2,1H3,(H2,35,37). The molecule has 0 saturated carbocycles. The van der Waals surface area contributed by atoms with Gasteiger partial charge in [0.25, 0.3) is 0 Å². The maximum Gasteiger partial charge on any atom is 0.175 e. The van der Waals surface area contributed by atoms with Gasteiger partial charge in [-0.3, -0.25) is 4.79 Å². The quantitative estimate of drug-likeness (QED) is 0.167. The van der Waals surface area contributed by atoms with Crippen LogP contribution in [0, 0.1) is 22.7 Å². The summed E-state index contributed by atoms with van der Waals surface area (Å²) in [6.07, 6.45) is 0. The number of nitriles is 2. The molecule has 2 N–H and O–H groups in total. The van der Waals surface area contributed by atoms with Gasteiger partial charge < -0.3 is 10.5 Å². The molecule has 5 aromatic rings. The number of fused-ring (bicyclic) bond motifs is 1. The number of pyridine rings is 2. The molecule has 0 radical (unpaired) electrons. The van der Waals surface area contributed by atoms with Crippen molar-refractivity contribution in [2.45, 2.75) is 5.03 Å². The first kappa shape index (κ1) is 26.7. The van der Waals surface area contributed by atoms with E-state index in [4.69, 9.17) is 27.1 Å². The Hall–Kier alpha value is -4.89. The molecule has 0 aliphatic rings. The van der Waals surface area contributed by atoms with E-state index in [2.05, 4.69) is 11.1 Å². The Labute approximate surface area is 239 Å². The summed E-state index contributed by atoms with van der Waals surface area (Å²) in [6.45, 7) is 0. The highest BCUT2D eigenvalue weighted by molar-refractivity contribution is 8.00. The smallest absolute Gasteiger partial charge is 0.175 e. The molecule has 194 valence electrons. The SMILES string of the molecule is COc1ccc2nc(-c3ccccc3)c(C(=O)CSc3nc(N)c(C#N)c(-c4ccccc4Cl)c3C#N)cc2c1. The molecule has 0 aliphatic heterocycles. The third-order valence-electron chi connectivity index (χ3n) is 6.27. The van der Waals surface area contributed by atoms with Gasteiger partial charge in [0.1, 0.15) is 34.3 Å². The predicted octanol–water partition coefficient (Wildman–Crippen LogP) is 6.93. The van der Waals surface area contributed by atoms with Crippen molar-refractivity contribution in [2.24, 2.45) is 0 Å². The minimum atomic E-state index is -0.214. The average molecular weight is 562 g/mol. The second-order valence-electron chi connectivity index (χ2n) is 8.65. The molecule has 0 bridgehead atoms. The van der Waals surface area contributed by atoms with E-state index in [1.165, 1.54) is 0 Å². The van der Waals surface area contributed by atoms with Crippen molar-refractivity contribution in [1.82, 2.24) is 9.97 Å². The number of Topliss-reactive ketones (excluding diaryl/α,β-unsaturated/α-hetero) is 1. The van der Waals surface area contributed by atoms with Gasteiger partial charge in [0.15, 0.2) is 5.78 Å². The molecule has 0 aliphatic carbocycles. The predicted molar refractivity (Wildman–Crippen MR) is 157 cm³/mol. The summed E-state index contributed by atoms with van der Waals surface area (Å²) in [5.41, 5.74) is 9.60. The fourth-order valence-corrected chi connectivity index (χ4v) is 5.47. The molecule has 9 heteroatoms. The van der Waals surface area contributed by atoms with E-state index in [0.717, 1.165) is 28.2 Å². The number of nitrogen functional groups attached to an aromatic ring is 1. The maximum absolute atomic E-state index is 13.7. The number of hydrogen-bond donors (Lipinski definition) is 1. The number of nitrogens with two attached hydrogens (primary N) is 1. The molecule has 2 heterocycles. The van der Waals surface area contributed by atoms with Crippen LogP contribution >= 0.6 is 23.4 Å². The van der Waals surface area contributed by atoms with E-state index in [0.29, 0.717) is 33.2 Å². The number of hydrogen-bond acceptors (Lipinski definition) is 8. The van der Waals surface area contributed by atoms with Crippen LogP contribution in [-0.4, -0.2) is 28.6 Å². The molecule has 0 fully saturated rings. The fraction of sp³-hybridized carbons (Fsp3) is 0.0645. The van der Waals surface area contributed by atoms with Gasteiger partial charge in [-0.25, -0.2) is 9.97 Å². The van der Waals surface area contributed by atoms with Crippen LogP contribution in [0.5, 0.6) is 5.75 Å². The van der Waals surface area contributed by atoms with E-state index >= 15 is 0 Å². The summed E-state index contributed by atoms with van der Waals surface area (Å²) < 4.78 is 5.35. The number of rotatable bonds is 7. The minimum absolute atomic E-state index is 0.0455. The van der Waals surface area contributed by atoms with Crippen LogP contribution in [0.25, 0.3) is 33.3 Å². The first-order chi connectivity index (χ1) is 19.4. The zero-order valence-electron chi connectivity index (χ0n) is 21.2. The third-order valence-corrected chi connectivity index (χ3v) is 7.57. The van der Waals surface area contributed by atoms with Crippen molar-refractivity contribution < 1.29 is 9.53 Å². The number of ether oxygens (including phenoxy) is 1. The van der Waals surface area contributed by atoms with Crippen molar-refractivity contribution in [2.75, 3.05) is 18.6 Å². The highest BCUT2D eigenvalue weighted by Gasteiger charge is 2.24. The third kappa shape index (κ3) is 5.06. The first-order valence-corrected chi connectivity index (χ1v) is 13.4. The van der Waals surface area contributed by atoms with Gasteiger partial charge >= 0.3 is 0 Å². The second-order valence-corrected chi connectivity index (χ2v) is 10.0. The number of anilines is 1. The summed E-state index contributed by atoms with van der Waals surface area (Å²) in [4.78, 5) is 22.8. The molecule has 0 amide bonds. The summed E-state index contributed by atoms with van der Waals surface area (Å²) in [7, 11) is 1.58. The highest BCUT2D eigenvalue weighted by atomic mass is 35.5. The Balaban J connectivity index is 1.58. The Kier molecular flexibility index (Phi) is 7.65. The summed E-state index contributed by atoms with van der Waals surface area (Å²) in [5, 5.41) is 21.2. The molecule has 0 spiro atoms. The monoisotopic (exact) mass is 561 g/mol. The Morgan fingerprint density at radius 2 is 1.70 bits per heavy atom. The van der Waals surface area contributed by atoms with Gasteiger partial charge in [-0.15, -0.1) is 0 Å². The molecule has 40 heavy (non-hydrogen) atoms. The van der Waals surface area contributed by atoms with Gasteiger partial charge in [0.05, 0.1) is 29.6 Å². The number of thioether (sulfide) groups is 1. The highest BCUT2D eigenvalue weighted by Crippen LogP contribution is 2.39. The number of carbonyl (C=O) groups is 1. The molecular formula is C31H20ClN5O2S. The first-order valence-electron chi connectivity index (χ1n) is 12.0. The number of carbonyl (C=O) groups excluding carboxylic acids is 1. The molecule has 0 unspecified atom stereocenters. The zero-order valence-corrected chi connectivity index (χ0v) is 22.8. The zero-order chi connectivity index (χ0) is 28.2.